The van der Waals surface area contributed by atoms with Crippen LogP contribution in [0, 0.1) is 0 Å². The van der Waals surface area contributed by atoms with Crippen molar-refractivity contribution in [2.24, 2.45) is 4.99 Å². The molecule has 1 aromatic heterocycles. The van der Waals surface area contributed by atoms with Gasteiger partial charge in [-0.15, -0.1) is 5.10 Å². The lowest BCUT2D eigenvalue weighted by molar-refractivity contribution is -0.137. The monoisotopic (exact) mass is 594 g/mol. The molecule has 2 heterocycles. The van der Waals surface area contributed by atoms with E-state index in [1.807, 2.05) is 26.0 Å². The van der Waals surface area contributed by atoms with Crippen LogP contribution in [0.25, 0.3) is 17.1 Å². The molecule has 0 atom stereocenters. The highest BCUT2D eigenvalue weighted by molar-refractivity contribution is 8.15. The molecule has 216 valence electrons. The summed E-state index contributed by atoms with van der Waals surface area (Å²) >= 11 is 1.17. The smallest absolute Gasteiger partial charge is 0.416 e. The van der Waals surface area contributed by atoms with Crippen LogP contribution in [0.15, 0.2) is 78.0 Å². The van der Waals surface area contributed by atoms with E-state index in [0.29, 0.717) is 28.5 Å². The van der Waals surface area contributed by atoms with Gasteiger partial charge in [-0.2, -0.15) is 18.2 Å². The molecule has 42 heavy (non-hydrogen) atoms. The van der Waals surface area contributed by atoms with Crippen LogP contribution in [-0.2, 0) is 11.0 Å². The summed E-state index contributed by atoms with van der Waals surface area (Å²) in [6.45, 7) is 4.02. The van der Waals surface area contributed by atoms with Crippen LogP contribution in [0.2, 0.25) is 0 Å². The summed E-state index contributed by atoms with van der Waals surface area (Å²) in [5, 5.41) is 7.24. The largest absolute Gasteiger partial charge is 0.497 e. The van der Waals surface area contributed by atoms with Gasteiger partial charge in [0.2, 0.25) is 5.91 Å². The van der Waals surface area contributed by atoms with Gasteiger partial charge >= 0.3 is 12.2 Å². The number of hydrogen-bond donors (Lipinski definition) is 1. The average molecular weight is 595 g/mol. The molecular formula is C29H25F3N6O3S. The fourth-order valence-electron chi connectivity index (χ4n) is 4.30. The van der Waals surface area contributed by atoms with E-state index < -0.39 is 17.8 Å². The van der Waals surface area contributed by atoms with Crippen LogP contribution in [0.3, 0.4) is 0 Å². The van der Waals surface area contributed by atoms with Gasteiger partial charge in [-0.25, -0.2) is 14.5 Å². The van der Waals surface area contributed by atoms with E-state index in [-0.39, 0.29) is 28.4 Å². The SMILES string of the molecule is COc1ccc(C(C)C)c(N2C(=O)CSC2=NC(=O)Nc2ccc(-c3ncn(-c4cccc(C(F)(F)F)c4)n3)cc2)c1. The molecule has 3 aromatic carbocycles. The number of hydrogen-bond acceptors (Lipinski definition) is 6. The van der Waals surface area contributed by atoms with Crippen molar-refractivity contribution >= 4 is 40.2 Å². The number of urea groups is 1. The zero-order chi connectivity index (χ0) is 30.0. The summed E-state index contributed by atoms with van der Waals surface area (Å²) in [5.74, 6) is 0.945. The summed E-state index contributed by atoms with van der Waals surface area (Å²) in [4.78, 5) is 35.4. The lowest BCUT2D eigenvalue weighted by Crippen LogP contribution is -2.31. The lowest BCUT2D eigenvalue weighted by atomic mass is 10.00. The second-order valence-electron chi connectivity index (χ2n) is 9.56. The molecule has 1 aliphatic heterocycles. The van der Waals surface area contributed by atoms with E-state index in [1.165, 1.54) is 39.8 Å². The molecule has 0 saturated carbocycles. The molecule has 3 amide bonds. The van der Waals surface area contributed by atoms with Crippen LogP contribution in [-0.4, -0.2) is 44.7 Å². The minimum absolute atomic E-state index is 0.115. The molecule has 13 heteroatoms. The van der Waals surface area contributed by atoms with Gasteiger partial charge < -0.3 is 10.1 Å². The van der Waals surface area contributed by atoms with E-state index >= 15 is 0 Å². The highest BCUT2D eigenvalue weighted by atomic mass is 32.2. The molecule has 0 aliphatic carbocycles. The number of amidine groups is 1. The number of carbonyl (C=O) groups excluding carboxylic acids is 2. The number of benzene rings is 3. The number of aromatic nitrogens is 3. The van der Waals surface area contributed by atoms with Crippen molar-refractivity contribution < 1.29 is 27.5 Å². The highest BCUT2D eigenvalue weighted by Gasteiger charge is 2.33. The van der Waals surface area contributed by atoms with Crippen molar-refractivity contribution in [3.05, 3.63) is 84.2 Å². The quantitative estimate of drug-likeness (QED) is 0.265. The minimum atomic E-state index is -4.47. The van der Waals surface area contributed by atoms with Gasteiger partial charge in [-0.05, 0) is 60.0 Å². The number of nitrogens with zero attached hydrogens (tertiary/aromatic N) is 5. The topological polar surface area (TPSA) is 102 Å². The van der Waals surface area contributed by atoms with Gasteiger partial charge in [-0.1, -0.05) is 37.7 Å². The first-order valence-corrected chi connectivity index (χ1v) is 13.7. The molecule has 0 unspecified atom stereocenters. The molecule has 1 N–H and O–H groups in total. The van der Waals surface area contributed by atoms with Crippen molar-refractivity contribution in [3.8, 4) is 22.8 Å². The van der Waals surface area contributed by atoms with Gasteiger partial charge in [0.1, 0.15) is 12.1 Å². The first-order chi connectivity index (χ1) is 20.0. The third kappa shape index (κ3) is 6.15. The Hall–Kier alpha value is -4.65. The number of carbonyl (C=O) groups is 2. The Kier molecular flexibility index (Phi) is 8.03. The van der Waals surface area contributed by atoms with Gasteiger partial charge in [-0.3, -0.25) is 9.69 Å². The number of alkyl halides is 3. The standard InChI is InChI=1S/C29H25F3N6O3S/c1-17(2)23-12-11-22(41-3)14-24(23)38-25(39)15-42-28(38)35-27(40)34-20-9-7-18(8-10-20)26-33-16-37(36-26)21-6-4-5-19(13-21)29(30,31)32/h4-14,16-17H,15H2,1-3H3,(H,34,40). The van der Waals surface area contributed by atoms with Crippen molar-refractivity contribution in [1.29, 1.82) is 0 Å². The molecule has 4 aromatic rings. The number of aliphatic imine (C=N–C) groups is 1. The Balaban J connectivity index is 1.31. The molecule has 9 nitrogen and oxygen atoms in total. The zero-order valence-electron chi connectivity index (χ0n) is 22.7. The van der Waals surface area contributed by atoms with Crippen LogP contribution in [0.5, 0.6) is 5.75 Å². The van der Waals surface area contributed by atoms with E-state index in [4.69, 9.17) is 4.74 Å². The Morgan fingerprint density at radius 1 is 1.10 bits per heavy atom. The minimum Gasteiger partial charge on any atom is -0.497 e. The molecule has 5 rings (SSSR count). The number of halogens is 3. The summed E-state index contributed by atoms with van der Waals surface area (Å²) < 4.78 is 45.8. The Bertz CT molecular complexity index is 1670. The van der Waals surface area contributed by atoms with Crippen LogP contribution < -0.4 is 15.0 Å². The van der Waals surface area contributed by atoms with Gasteiger partial charge in [0.05, 0.1) is 29.8 Å². The fraction of sp³-hybridized carbons (Fsp3) is 0.207. The van der Waals surface area contributed by atoms with Crippen molar-refractivity contribution in [2.75, 3.05) is 23.1 Å². The number of anilines is 2. The first-order valence-electron chi connectivity index (χ1n) is 12.8. The van der Waals surface area contributed by atoms with Gasteiger partial charge in [0.15, 0.2) is 11.0 Å². The maximum Gasteiger partial charge on any atom is 0.416 e. The number of ether oxygens (including phenoxy) is 1. The van der Waals surface area contributed by atoms with Gasteiger partial charge in [0, 0.05) is 17.3 Å². The normalized spacial score (nSPS) is 14.6. The van der Waals surface area contributed by atoms with Gasteiger partial charge in [0.25, 0.3) is 0 Å². The van der Waals surface area contributed by atoms with E-state index in [1.54, 1.807) is 37.4 Å². The molecule has 1 aliphatic rings. The summed E-state index contributed by atoms with van der Waals surface area (Å²) in [6.07, 6.45) is -3.14. The summed E-state index contributed by atoms with van der Waals surface area (Å²) in [6, 6.07) is 16.2. The maximum atomic E-state index is 13.1. The van der Waals surface area contributed by atoms with E-state index in [0.717, 1.165) is 17.7 Å². The van der Waals surface area contributed by atoms with E-state index in [2.05, 4.69) is 20.4 Å². The Morgan fingerprint density at radius 3 is 2.55 bits per heavy atom. The third-order valence-electron chi connectivity index (χ3n) is 6.39. The Morgan fingerprint density at radius 2 is 1.86 bits per heavy atom. The second kappa shape index (κ2) is 11.7. The summed E-state index contributed by atoms with van der Waals surface area (Å²) in [7, 11) is 1.54. The molecule has 0 bridgehead atoms. The molecule has 1 saturated heterocycles. The van der Waals surface area contributed by atoms with Crippen molar-refractivity contribution in [2.45, 2.75) is 25.9 Å². The molecule has 1 fully saturated rings. The third-order valence-corrected chi connectivity index (χ3v) is 7.31. The van der Waals surface area contributed by atoms with Crippen molar-refractivity contribution in [3.63, 3.8) is 0 Å². The predicted molar refractivity (Wildman–Crippen MR) is 155 cm³/mol. The molecule has 0 spiro atoms. The maximum absolute atomic E-state index is 13.1. The van der Waals surface area contributed by atoms with Crippen LogP contribution in [0.4, 0.5) is 29.3 Å². The predicted octanol–water partition coefficient (Wildman–Crippen LogP) is 6.75. The molecule has 0 radical (unpaired) electrons. The van der Waals surface area contributed by atoms with Crippen LogP contribution >= 0.6 is 11.8 Å². The number of nitrogens with one attached hydrogen (secondary N) is 1. The second-order valence-corrected chi connectivity index (χ2v) is 10.5. The number of thioether (sulfide) groups is 1. The molecular weight excluding hydrogens is 569 g/mol. The average Bonchev–Trinajstić information content (AvgIpc) is 3.60. The zero-order valence-corrected chi connectivity index (χ0v) is 23.5. The van der Waals surface area contributed by atoms with Crippen LogP contribution in [0.1, 0.15) is 30.9 Å². The van der Waals surface area contributed by atoms with Crippen molar-refractivity contribution in [1.82, 2.24) is 14.8 Å². The summed E-state index contributed by atoms with van der Waals surface area (Å²) in [5.41, 5.74) is 2.00. The highest BCUT2D eigenvalue weighted by Crippen LogP contribution is 2.36. The fourth-order valence-corrected chi connectivity index (χ4v) is 5.16. The lowest BCUT2D eigenvalue weighted by Gasteiger charge is -2.22. The number of methoxy groups -OCH3 is 1. The Labute approximate surface area is 243 Å². The number of rotatable bonds is 6. The first kappa shape index (κ1) is 28.9. The van der Waals surface area contributed by atoms with E-state index in [9.17, 15) is 22.8 Å². The number of amides is 3.